The summed E-state index contributed by atoms with van der Waals surface area (Å²) in [5.41, 5.74) is 2.14. The van der Waals surface area contributed by atoms with Gasteiger partial charge in [0, 0.05) is 6.54 Å². The summed E-state index contributed by atoms with van der Waals surface area (Å²) in [4.78, 5) is 13.0. The topological polar surface area (TPSA) is 50.4 Å². The van der Waals surface area contributed by atoms with E-state index in [0.29, 0.717) is 5.92 Å². The van der Waals surface area contributed by atoms with Crippen molar-refractivity contribution in [2.24, 2.45) is 11.8 Å². The van der Waals surface area contributed by atoms with Gasteiger partial charge in [0.05, 0.1) is 18.6 Å². The molecule has 3 atom stereocenters. The maximum absolute atomic E-state index is 13.0. The standard InChI is InChI=1S/C27H38N2O2/c1-4-8-20(2)19-31-25-15-13-24(14-16-25)26(18-28-17-22-11-12-22)29-27(30)21(3)23-9-6-5-7-10-23/h5-7,9-10,13-16,20-22,26,28H,4,8,11-12,17-19H2,1-3H3,(H,29,30)/t20?,21-,26-/m0/s1. The van der Waals surface area contributed by atoms with Gasteiger partial charge >= 0.3 is 0 Å². The second-order valence-corrected chi connectivity index (χ2v) is 9.07. The van der Waals surface area contributed by atoms with E-state index >= 15 is 0 Å². The number of nitrogens with one attached hydrogen (secondary N) is 2. The van der Waals surface area contributed by atoms with E-state index in [1.807, 2.05) is 49.4 Å². The van der Waals surface area contributed by atoms with Crippen LogP contribution in [-0.4, -0.2) is 25.6 Å². The van der Waals surface area contributed by atoms with Crippen LogP contribution in [0, 0.1) is 11.8 Å². The number of amides is 1. The van der Waals surface area contributed by atoms with Gasteiger partial charge in [-0.25, -0.2) is 0 Å². The normalized spacial score (nSPS) is 16.4. The highest BCUT2D eigenvalue weighted by Crippen LogP contribution is 2.28. The SMILES string of the molecule is CCCC(C)COc1ccc([C@H](CNCC2CC2)NC(=O)[C@@H](C)c2ccccc2)cc1. The summed E-state index contributed by atoms with van der Waals surface area (Å²) in [5, 5.41) is 6.82. The van der Waals surface area contributed by atoms with Gasteiger partial charge in [-0.05, 0) is 67.8 Å². The van der Waals surface area contributed by atoms with Crippen LogP contribution in [0.15, 0.2) is 54.6 Å². The predicted octanol–water partition coefficient (Wildman–Crippen LogP) is 5.46. The van der Waals surface area contributed by atoms with Crippen LogP contribution in [0.4, 0.5) is 0 Å². The zero-order valence-electron chi connectivity index (χ0n) is 19.3. The molecule has 1 aliphatic rings. The molecule has 4 nitrogen and oxygen atoms in total. The summed E-state index contributed by atoms with van der Waals surface area (Å²) in [6.07, 6.45) is 4.99. The Labute approximate surface area is 187 Å². The Morgan fingerprint density at radius 2 is 1.74 bits per heavy atom. The van der Waals surface area contributed by atoms with E-state index < -0.39 is 0 Å². The second kappa shape index (κ2) is 11.9. The molecule has 1 saturated carbocycles. The Morgan fingerprint density at radius 1 is 1.03 bits per heavy atom. The van der Waals surface area contributed by atoms with Crippen LogP contribution in [0.1, 0.15) is 69.5 Å². The number of benzene rings is 2. The molecule has 0 bridgehead atoms. The van der Waals surface area contributed by atoms with E-state index in [9.17, 15) is 4.79 Å². The average molecular weight is 423 g/mol. The third kappa shape index (κ3) is 7.70. The Bertz CT molecular complexity index is 787. The Morgan fingerprint density at radius 3 is 2.39 bits per heavy atom. The van der Waals surface area contributed by atoms with Crippen LogP contribution >= 0.6 is 0 Å². The first-order chi connectivity index (χ1) is 15.1. The van der Waals surface area contributed by atoms with Gasteiger partial charge in [0.2, 0.25) is 5.91 Å². The smallest absolute Gasteiger partial charge is 0.227 e. The lowest BCUT2D eigenvalue weighted by atomic mass is 9.99. The van der Waals surface area contributed by atoms with Crippen molar-refractivity contribution in [3.63, 3.8) is 0 Å². The number of ether oxygens (including phenoxy) is 1. The highest BCUT2D eigenvalue weighted by Gasteiger charge is 2.23. The third-order valence-corrected chi connectivity index (χ3v) is 6.09. The van der Waals surface area contributed by atoms with Gasteiger partial charge in [-0.15, -0.1) is 0 Å². The van der Waals surface area contributed by atoms with E-state index in [2.05, 4.69) is 36.6 Å². The maximum atomic E-state index is 13.0. The summed E-state index contributed by atoms with van der Waals surface area (Å²) in [5.74, 6) is 2.12. The van der Waals surface area contributed by atoms with Crippen LogP contribution in [0.25, 0.3) is 0 Å². The number of hydrogen-bond donors (Lipinski definition) is 2. The minimum absolute atomic E-state index is 0.0538. The quantitative estimate of drug-likeness (QED) is 0.450. The lowest BCUT2D eigenvalue weighted by molar-refractivity contribution is -0.123. The van der Waals surface area contributed by atoms with Gasteiger partial charge in [0.15, 0.2) is 0 Å². The summed E-state index contributed by atoms with van der Waals surface area (Å²) in [6.45, 7) is 8.89. The molecule has 0 aromatic heterocycles. The van der Waals surface area contributed by atoms with E-state index in [1.165, 1.54) is 25.7 Å². The Balaban J connectivity index is 1.62. The molecule has 168 valence electrons. The van der Waals surface area contributed by atoms with Crippen molar-refractivity contribution in [1.29, 1.82) is 0 Å². The van der Waals surface area contributed by atoms with Crippen molar-refractivity contribution in [2.75, 3.05) is 19.7 Å². The summed E-state index contributed by atoms with van der Waals surface area (Å²) < 4.78 is 5.95. The zero-order chi connectivity index (χ0) is 22.1. The molecule has 4 heteroatoms. The van der Waals surface area contributed by atoms with Crippen molar-refractivity contribution in [3.8, 4) is 5.75 Å². The number of carbonyl (C=O) groups excluding carboxylic acids is 1. The fourth-order valence-electron chi connectivity index (χ4n) is 3.81. The summed E-state index contributed by atoms with van der Waals surface area (Å²) in [6, 6.07) is 18.1. The molecule has 0 heterocycles. The molecule has 1 aliphatic carbocycles. The highest BCUT2D eigenvalue weighted by molar-refractivity contribution is 5.83. The highest BCUT2D eigenvalue weighted by atomic mass is 16.5. The number of carbonyl (C=O) groups is 1. The Kier molecular flexibility index (Phi) is 8.96. The molecule has 0 radical (unpaired) electrons. The van der Waals surface area contributed by atoms with Gasteiger partial charge in [0.1, 0.15) is 5.75 Å². The largest absolute Gasteiger partial charge is 0.493 e. The van der Waals surface area contributed by atoms with Crippen molar-refractivity contribution < 1.29 is 9.53 Å². The summed E-state index contributed by atoms with van der Waals surface area (Å²) in [7, 11) is 0. The van der Waals surface area contributed by atoms with Gasteiger partial charge in [-0.3, -0.25) is 4.79 Å². The van der Waals surface area contributed by atoms with Crippen LogP contribution < -0.4 is 15.4 Å². The molecular weight excluding hydrogens is 384 g/mol. The van der Waals surface area contributed by atoms with Gasteiger partial charge in [-0.1, -0.05) is 62.7 Å². The molecule has 2 aromatic carbocycles. The lowest BCUT2D eigenvalue weighted by Crippen LogP contribution is -2.38. The average Bonchev–Trinajstić information content (AvgIpc) is 3.62. The molecule has 31 heavy (non-hydrogen) atoms. The lowest BCUT2D eigenvalue weighted by Gasteiger charge is -2.23. The predicted molar refractivity (Wildman–Crippen MR) is 127 cm³/mol. The molecule has 1 fully saturated rings. The first-order valence-electron chi connectivity index (χ1n) is 11.9. The third-order valence-electron chi connectivity index (χ3n) is 6.09. The fraction of sp³-hybridized carbons (Fsp3) is 0.519. The first-order valence-corrected chi connectivity index (χ1v) is 11.9. The summed E-state index contributed by atoms with van der Waals surface area (Å²) >= 11 is 0. The van der Waals surface area contributed by atoms with Crippen LogP contribution in [-0.2, 0) is 4.79 Å². The minimum Gasteiger partial charge on any atom is -0.493 e. The first kappa shape index (κ1) is 23.3. The van der Waals surface area contributed by atoms with Crippen LogP contribution in [0.5, 0.6) is 5.75 Å². The number of rotatable bonds is 13. The van der Waals surface area contributed by atoms with Crippen LogP contribution in [0.2, 0.25) is 0 Å². The maximum Gasteiger partial charge on any atom is 0.227 e. The van der Waals surface area contributed by atoms with Gasteiger partial charge in [0.25, 0.3) is 0 Å². The van der Waals surface area contributed by atoms with Gasteiger partial charge < -0.3 is 15.4 Å². The molecule has 2 aromatic rings. The zero-order valence-corrected chi connectivity index (χ0v) is 19.3. The van der Waals surface area contributed by atoms with Crippen molar-refractivity contribution >= 4 is 5.91 Å². The molecule has 0 spiro atoms. The number of hydrogen-bond acceptors (Lipinski definition) is 3. The van der Waals surface area contributed by atoms with Gasteiger partial charge in [-0.2, -0.15) is 0 Å². The molecule has 1 amide bonds. The molecule has 0 aliphatic heterocycles. The minimum atomic E-state index is -0.185. The van der Waals surface area contributed by atoms with E-state index in [4.69, 9.17) is 4.74 Å². The monoisotopic (exact) mass is 422 g/mol. The molecule has 2 N–H and O–H groups in total. The second-order valence-electron chi connectivity index (χ2n) is 9.07. The van der Waals surface area contributed by atoms with E-state index in [0.717, 1.165) is 42.5 Å². The van der Waals surface area contributed by atoms with Crippen molar-refractivity contribution in [3.05, 3.63) is 65.7 Å². The molecule has 0 saturated heterocycles. The Hall–Kier alpha value is -2.33. The van der Waals surface area contributed by atoms with E-state index in [-0.39, 0.29) is 17.9 Å². The van der Waals surface area contributed by atoms with E-state index in [1.54, 1.807) is 0 Å². The molecule has 3 rings (SSSR count). The fourth-order valence-corrected chi connectivity index (χ4v) is 3.81. The molecular formula is C27H38N2O2. The van der Waals surface area contributed by atoms with Crippen molar-refractivity contribution in [1.82, 2.24) is 10.6 Å². The molecule has 1 unspecified atom stereocenters. The van der Waals surface area contributed by atoms with Crippen LogP contribution in [0.3, 0.4) is 0 Å². The van der Waals surface area contributed by atoms with Crippen molar-refractivity contribution in [2.45, 2.75) is 58.4 Å².